The van der Waals surface area contributed by atoms with Crippen molar-refractivity contribution in [2.24, 2.45) is 0 Å². The van der Waals surface area contributed by atoms with Crippen molar-refractivity contribution >= 4 is 17.5 Å². The van der Waals surface area contributed by atoms with Gasteiger partial charge in [0.05, 0.1) is 29.8 Å². The molecule has 0 unspecified atom stereocenters. The van der Waals surface area contributed by atoms with Crippen LogP contribution in [0.15, 0.2) is 30.9 Å². The van der Waals surface area contributed by atoms with Gasteiger partial charge in [-0.15, -0.1) is 0 Å². The third kappa shape index (κ3) is 2.96. The molecule has 0 bridgehead atoms. The van der Waals surface area contributed by atoms with Crippen molar-refractivity contribution in [3.8, 4) is 0 Å². The Bertz CT molecular complexity index is 640. The molecule has 1 aliphatic heterocycles. The van der Waals surface area contributed by atoms with E-state index in [1.807, 2.05) is 0 Å². The minimum absolute atomic E-state index is 0.0615. The molecule has 6 nitrogen and oxygen atoms in total. The van der Waals surface area contributed by atoms with Gasteiger partial charge in [0, 0.05) is 19.3 Å². The second-order valence-electron chi connectivity index (χ2n) is 4.78. The molecule has 0 spiro atoms. The van der Waals surface area contributed by atoms with Crippen LogP contribution in [-0.2, 0) is 0 Å². The zero-order valence-corrected chi connectivity index (χ0v) is 11.3. The topological polar surface area (TPSA) is 71.0 Å². The van der Waals surface area contributed by atoms with Gasteiger partial charge >= 0.3 is 0 Å². The van der Waals surface area contributed by atoms with Gasteiger partial charge in [0.15, 0.2) is 5.82 Å². The predicted molar refractivity (Wildman–Crippen MR) is 75.6 cm³/mol. The summed E-state index contributed by atoms with van der Waals surface area (Å²) in [6.07, 6.45) is 7.70. The van der Waals surface area contributed by atoms with Gasteiger partial charge in [0.1, 0.15) is 0 Å². The number of rotatable bonds is 3. The Balaban J connectivity index is 1.70. The van der Waals surface area contributed by atoms with Crippen LogP contribution in [0.25, 0.3) is 0 Å². The SMILES string of the molecule is O=C(Nc1cnc(N2CCCC2)nc1)c1ccncc1F. The second-order valence-corrected chi connectivity index (χ2v) is 4.78. The molecule has 108 valence electrons. The molecule has 1 amide bonds. The molecule has 0 saturated carbocycles. The maximum Gasteiger partial charge on any atom is 0.258 e. The third-order valence-corrected chi connectivity index (χ3v) is 3.30. The first-order chi connectivity index (χ1) is 10.2. The monoisotopic (exact) mass is 287 g/mol. The quantitative estimate of drug-likeness (QED) is 0.933. The number of nitrogens with one attached hydrogen (secondary N) is 1. The average molecular weight is 287 g/mol. The van der Waals surface area contributed by atoms with Gasteiger partial charge in [-0.3, -0.25) is 9.78 Å². The van der Waals surface area contributed by atoms with Crippen LogP contribution in [0.5, 0.6) is 0 Å². The van der Waals surface area contributed by atoms with E-state index in [1.54, 1.807) is 0 Å². The minimum atomic E-state index is -0.662. The highest BCUT2D eigenvalue weighted by molar-refractivity contribution is 6.04. The molecule has 7 heteroatoms. The zero-order valence-electron chi connectivity index (χ0n) is 11.3. The maximum atomic E-state index is 13.5. The lowest BCUT2D eigenvalue weighted by Gasteiger charge is -2.14. The van der Waals surface area contributed by atoms with Crippen molar-refractivity contribution in [2.45, 2.75) is 12.8 Å². The summed E-state index contributed by atoms with van der Waals surface area (Å²) in [7, 11) is 0. The zero-order chi connectivity index (χ0) is 14.7. The fraction of sp³-hybridized carbons (Fsp3) is 0.286. The summed E-state index contributed by atoms with van der Waals surface area (Å²) < 4.78 is 13.5. The minimum Gasteiger partial charge on any atom is -0.341 e. The molecule has 0 aliphatic carbocycles. The Morgan fingerprint density at radius 2 is 1.90 bits per heavy atom. The van der Waals surface area contributed by atoms with Gasteiger partial charge in [-0.05, 0) is 18.9 Å². The lowest BCUT2D eigenvalue weighted by Crippen LogP contribution is -2.20. The number of aromatic nitrogens is 3. The molecule has 1 N–H and O–H groups in total. The molecule has 0 aromatic carbocycles. The fourth-order valence-corrected chi connectivity index (χ4v) is 2.22. The first-order valence-corrected chi connectivity index (χ1v) is 6.72. The number of hydrogen-bond donors (Lipinski definition) is 1. The van der Waals surface area contributed by atoms with Crippen molar-refractivity contribution in [1.29, 1.82) is 0 Å². The van der Waals surface area contributed by atoms with E-state index in [9.17, 15) is 9.18 Å². The van der Waals surface area contributed by atoms with E-state index < -0.39 is 11.7 Å². The standard InChI is InChI=1S/C14H14FN5O/c15-12-9-16-4-3-11(12)13(21)19-10-7-17-14(18-8-10)20-5-1-2-6-20/h3-4,7-9H,1-2,5-6H2,(H,19,21). The van der Waals surface area contributed by atoms with Gasteiger partial charge in [-0.1, -0.05) is 0 Å². The fourth-order valence-electron chi connectivity index (χ4n) is 2.22. The van der Waals surface area contributed by atoms with Crippen LogP contribution >= 0.6 is 0 Å². The number of halogens is 1. The van der Waals surface area contributed by atoms with Crippen LogP contribution < -0.4 is 10.2 Å². The Labute approximate surface area is 121 Å². The molecular weight excluding hydrogens is 273 g/mol. The summed E-state index contributed by atoms with van der Waals surface area (Å²) in [5, 5.41) is 2.57. The molecule has 1 saturated heterocycles. The number of carbonyl (C=O) groups is 1. The first kappa shape index (κ1) is 13.4. The van der Waals surface area contributed by atoms with E-state index in [0.29, 0.717) is 11.6 Å². The molecule has 2 aromatic heterocycles. The van der Waals surface area contributed by atoms with Crippen molar-refractivity contribution in [1.82, 2.24) is 15.0 Å². The number of carbonyl (C=O) groups excluding carboxylic acids is 1. The largest absolute Gasteiger partial charge is 0.341 e. The molecular formula is C14H14FN5O. The van der Waals surface area contributed by atoms with Crippen LogP contribution in [0.4, 0.5) is 16.0 Å². The Morgan fingerprint density at radius 1 is 1.19 bits per heavy atom. The third-order valence-electron chi connectivity index (χ3n) is 3.30. The highest BCUT2D eigenvalue weighted by atomic mass is 19.1. The Hall–Kier alpha value is -2.57. The summed E-state index contributed by atoms with van der Waals surface area (Å²) in [5.74, 6) is -0.558. The van der Waals surface area contributed by atoms with Gasteiger partial charge < -0.3 is 10.2 Å². The Morgan fingerprint density at radius 3 is 2.57 bits per heavy atom. The maximum absolute atomic E-state index is 13.5. The number of hydrogen-bond acceptors (Lipinski definition) is 5. The van der Waals surface area contributed by atoms with Crippen LogP contribution in [0, 0.1) is 5.82 Å². The first-order valence-electron chi connectivity index (χ1n) is 6.72. The normalized spacial score (nSPS) is 14.2. The van der Waals surface area contributed by atoms with Gasteiger partial charge in [-0.2, -0.15) is 0 Å². The summed E-state index contributed by atoms with van der Waals surface area (Å²) in [5.41, 5.74) is 0.368. The van der Waals surface area contributed by atoms with E-state index >= 15 is 0 Å². The second kappa shape index (κ2) is 5.82. The summed E-state index contributed by atoms with van der Waals surface area (Å²) in [6.45, 7) is 1.90. The summed E-state index contributed by atoms with van der Waals surface area (Å²) in [6, 6.07) is 1.32. The number of nitrogens with zero attached hydrogens (tertiary/aromatic N) is 4. The number of anilines is 2. The lowest BCUT2D eigenvalue weighted by atomic mass is 10.2. The van der Waals surface area contributed by atoms with Crippen LogP contribution in [0.2, 0.25) is 0 Å². The van der Waals surface area contributed by atoms with E-state index in [0.717, 1.165) is 32.1 Å². The van der Waals surface area contributed by atoms with E-state index in [1.165, 1.54) is 24.7 Å². The van der Waals surface area contributed by atoms with E-state index in [4.69, 9.17) is 0 Å². The molecule has 21 heavy (non-hydrogen) atoms. The molecule has 2 aromatic rings. The smallest absolute Gasteiger partial charge is 0.258 e. The van der Waals surface area contributed by atoms with E-state index in [-0.39, 0.29) is 5.56 Å². The lowest BCUT2D eigenvalue weighted by molar-refractivity contribution is 0.102. The van der Waals surface area contributed by atoms with Crippen molar-refractivity contribution in [3.63, 3.8) is 0 Å². The molecule has 1 fully saturated rings. The highest BCUT2D eigenvalue weighted by Gasteiger charge is 2.15. The van der Waals surface area contributed by atoms with Crippen LogP contribution in [0.3, 0.4) is 0 Å². The molecule has 0 radical (unpaired) electrons. The van der Waals surface area contributed by atoms with Gasteiger partial charge in [0.2, 0.25) is 5.95 Å². The molecule has 3 heterocycles. The summed E-state index contributed by atoms with van der Waals surface area (Å²) >= 11 is 0. The van der Waals surface area contributed by atoms with Crippen molar-refractivity contribution < 1.29 is 9.18 Å². The predicted octanol–water partition coefficient (Wildman–Crippen LogP) is 1.86. The molecule has 3 rings (SSSR count). The van der Waals surface area contributed by atoms with Gasteiger partial charge in [0.25, 0.3) is 5.91 Å². The Kier molecular flexibility index (Phi) is 3.72. The molecule has 1 aliphatic rings. The summed E-state index contributed by atoms with van der Waals surface area (Å²) in [4.78, 5) is 26.1. The highest BCUT2D eigenvalue weighted by Crippen LogP contribution is 2.16. The number of pyridine rings is 1. The van der Waals surface area contributed by atoms with Crippen LogP contribution in [-0.4, -0.2) is 33.9 Å². The average Bonchev–Trinajstić information content (AvgIpc) is 3.02. The van der Waals surface area contributed by atoms with E-state index in [2.05, 4.69) is 25.2 Å². The van der Waals surface area contributed by atoms with Crippen molar-refractivity contribution in [3.05, 3.63) is 42.2 Å². The van der Waals surface area contributed by atoms with Crippen molar-refractivity contribution in [2.75, 3.05) is 23.3 Å². The van der Waals surface area contributed by atoms with Crippen LogP contribution in [0.1, 0.15) is 23.2 Å². The van der Waals surface area contributed by atoms with Gasteiger partial charge in [-0.25, -0.2) is 14.4 Å². The molecule has 0 atom stereocenters. The number of amides is 1.